The summed E-state index contributed by atoms with van der Waals surface area (Å²) < 4.78 is 2.15. The van der Waals surface area contributed by atoms with Gasteiger partial charge in [0.15, 0.2) is 5.82 Å². The van der Waals surface area contributed by atoms with E-state index in [0.29, 0.717) is 17.6 Å². The second-order valence-electron chi connectivity index (χ2n) is 8.52. The molecule has 158 valence electrons. The van der Waals surface area contributed by atoms with Crippen LogP contribution in [0.2, 0.25) is 0 Å². The molecule has 0 radical (unpaired) electrons. The molecule has 1 saturated carbocycles. The highest BCUT2D eigenvalue weighted by Gasteiger charge is 2.24. The average molecular weight is 421 g/mol. The number of benzene rings is 2. The lowest BCUT2D eigenvalue weighted by molar-refractivity contribution is 0.428. The molecule has 1 fully saturated rings. The lowest BCUT2D eigenvalue weighted by Crippen LogP contribution is -2.09. The fourth-order valence-electron chi connectivity index (χ4n) is 4.83. The Balaban J connectivity index is 1.51. The summed E-state index contributed by atoms with van der Waals surface area (Å²) >= 11 is 0. The minimum atomic E-state index is 0.458. The third kappa shape index (κ3) is 3.19. The second kappa shape index (κ2) is 7.71. The van der Waals surface area contributed by atoms with E-state index in [9.17, 15) is 0 Å². The van der Waals surface area contributed by atoms with Gasteiger partial charge < -0.3 is 5.73 Å². The summed E-state index contributed by atoms with van der Waals surface area (Å²) in [5.41, 5.74) is 11.0. The number of nitrogens with zero attached hydrogens (tertiary/aromatic N) is 5. The fourth-order valence-corrected chi connectivity index (χ4v) is 4.83. The predicted octanol–water partition coefficient (Wildman–Crippen LogP) is 5.64. The summed E-state index contributed by atoms with van der Waals surface area (Å²) in [6.45, 7) is 0. The molecule has 0 spiro atoms. The van der Waals surface area contributed by atoms with Crippen molar-refractivity contribution >= 4 is 22.2 Å². The van der Waals surface area contributed by atoms with Crippen molar-refractivity contribution in [3.63, 3.8) is 0 Å². The molecule has 0 bridgehead atoms. The van der Waals surface area contributed by atoms with Gasteiger partial charge in [-0.15, -0.1) is 0 Å². The third-order valence-corrected chi connectivity index (χ3v) is 6.47. The lowest BCUT2D eigenvalue weighted by Gasteiger charge is -2.20. The van der Waals surface area contributed by atoms with Crippen molar-refractivity contribution in [2.45, 2.75) is 38.0 Å². The highest BCUT2D eigenvalue weighted by Crippen LogP contribution is 2.37. The number of hydrogen-bond acceptors (Lipinski definition) is 5. The monoisotopic (exact) mass is 420 g/mol. The number of rotatable bonds is 3. The molecule has 2 aromatic carbocycles. The van der Waals surface area contributed by atoms with Crippen molar-refractivity contribution in [1.82, 2.24) is 24.3 Å². The zero-order valence-corrected chi connectivity index (χ0v) is 17.8. The molecule has 0 aliphatic heterocycles. The first-order valence-electron chi connectivity index (χ1n) is 11.2. The Hall–Kier alpha value is -3.80. The summed E-state index contributed by atoms with van der Waals surface area (Å²) in [7, 11) is 0. The van der Waals surface area contributed by atoms with Gasteiger partial charge in [0, 0.05) is 41.0 Å². The van der Waals surface area contributed by atoms with Gasteiger partial charge >= 0.3 is 0 Å². The van der Waals surface area contributed by atoms with Gasteiger partial charge in [-0.2, -0.15) is 0 Å². The van der Waals surface area contributed by atoms with Crippen molar-refractivity contribution in [1.29, 1.82) is 0 Å². The molecule has 5 aromatic rings. The average Bonchev–Trinajstić information content (AvgIpc) is 3.25. The van der Waals surface area contributed by atoms with Crippen molar-refractivity contribution in [2.24, 2.45) is 0 Å². The molecule has 1 aliphatic carbocycles. The van der Waals surface area contributed by atoms with Crippen LogP contribution in [0.5, 0.6) is 0 Å². The van der Waals surface area contributed by atoms with E-state index in [1.165, 1.54) is 32.1 Å². The van der Waals surface area contributed by atoms with Crippen LogP contribution in [0.3, 0.4) is 0 Å². The van der Waals surface area contributed by atoms with E-state index in [1.807, 2.05) is 42.7 Å². The van der Waals surface area contributed by atoms with Gasteiger partial charge in [-0.3, -0.25) is 4.40 Å². The lowest BCUT2D eigenvalue weighted by atomic mass is 9.89. The van der Waals surface area contributed by atoms with Crippen molar-refractivity contribution in [2.75, 3.05) is 5.73 Å². The highest BCUT2D eigenvalue weighted by atomic mass is 15.1. The van der Waals surface area contributed by atoms with Crippen LogP contribution in [0.15, 0.2) is 67.1 Å². The van der Waals surface area contributed by atoms with Gasteiger partial charge in [0.2, 0.25) is 0 Å². The Kier molecular flexibility index (Phi) is 4.56. The SMILES string of the molecule is Nc1nccn2c(C3CCCCC3)nc(-c3ccc4cnc(-c5ccccc5)nc4c3)c12. The molecule has 0 amide bonds. The van der Waals surface area contributed by atoms with Gasteiger partial charge in [0.1, 0.15) is 22.9 Å². The van der Waals surface area contributed by atoms with Crippen molar-refractivity contribution in [3.8, 4) is 22.6 Å². The molecule has 3 heterocycles. The summed E-state index contributed by atoms with van der Waals surface area (Å²) in [6.07, 6.45) is 11.8. The van der Waals surface area contributed by atoms with Crippen LogP contribution < -0.4 is 5.73 Å². The topological polar surface area (TPSA) is 82.0 Å². The Bertz CT molecular complexity index is 1420. The van der Waals surface area contributed by atoms with Gasteiger partial charge in [0.05, 0.1) is 5.52 Å². The summed E-state index contributed by atoms with van der Waals surface area (Å²) in [5, 5.41) is 0.996. The molecule has 3 aromatic heterocycles. The minimum absolute atomic E-state index is 0.458. The zero-order valence-electron chi connectivity index (χ0n) is 17.8. The number of imidazole rings is 1. The smallest absolute Gasteiger partial charge is 0.159 e. The molecule has 6 rings (SSSR count). The quantitative estimate of drug-likeness (QED) is 0.409. The van der Waals surface area contributed by atoms with Gasteiger partial charge in [-0.1, -0.05) is 61.7 Å². The Labute approximate surface area is 186 Å². The molecule has 6 heteroatoms. The van der Waals surface area contributed by atoms with Crippen LogP contribution in [-0.2, 0) is 0 Å². The van der Waals surface area contributed by atoms with Crippen LogP contribution in [0.4, 0.5) is 5.82 Å². The maximum absolute atomic E-state index is 6.35. The number of aromatic nitrogens is 5. The summed E-state index contributed by atoms with van der Waals surface area (Å²) in [6, 6.07) is 16.3. The molecule has 0 saturated heterocycles. The van der Waals surface area contributed by atoms with Gasteiger partial charge in [0.25, 0.3) is 0 Å². The number of hydrogen-bond donors (Lipinski definition) is 1. The standard InChI is InChI=1S/C26H24N6/c27-24-23-22(31-26(32(23)14-13-28-24)18-9-5-2-6-10-18)19-11-12-20-16-29-25(30-21(20)15-19)17-7-3-1-4-8-17/h1,3-4,7-8,11-16,18H,2,5-6,9-10H2,(H2,27,28). The van der Waals surface area contributed by atoms with Crippen LogP contribution in [0.1, 0.15) is 43.8 Å². The van der Waals surface area contributed by atoms with Gasteiger partial charge in [-0.25, -0.2) is 19.9 Å². The zero-order chi connectivity index (χ0) is 21.5. The molecule has 6 nitrogen and oxygen atoms in total. The Morgan fingerprint density at radius 2 is 1.72 bits per heavy atom. The molecule has 1 aliphatic rings. The minimum Gasteiger partial charge on any atom is -0.382 e. The summed E-state index contributed by atoms with van der Waals surface area (Å²) in [4.78, 5) is 18.9. The molecular formula is C26H24N6. The first-order valence-corrected chi connectivity index (χ1v) is 11.2. The predicted molar refractivity (Wildman–Crippen MR) is 127 cm³/mol. The molecule has 0 atom stereocenters. The number of nitrogen functional groups attached to an aromatic ring is 1. The van der Waals surface area contributed by atoms with E-state index in [0.717, 1.165) is 39.1 Å². The van der Waals surface area contributed by atoms with Crippen LogP contribution >= 0.6 is 0 Å². The second-order valence-corrected chi connectivity index (χ2v) is 8.52. The van der Waals surface area contributed by atoms with E-state index in [1.54, 1.807) is 6.20 Å². The van der Waals surface area contributed by atoms with E-state index in [4.69, 9.17) is 15.7 Å². The molecule has 32 heavy (non-hydrogen) atoms. The fraction of sp³-hybridized carbons (Fsp3) is 0.231. The first-order chi connectivity index (χ1) is 15.8. The van der Waals surface area contributed by atoms with Crippen LogP contribution in [-0.4, -0.2) is 24.3 Å². The summed E-state index contributed by atoms with van der Waals surface area (Å²) in [5.74, 6) is 2.77. The van der Waals surface area contributed by atoms with E-state index in [-0.39, 0.29) is 0 Å². The largest absolute Gasteiger partial charge is 0.382 e. The molecule has 0 unspecified atom stereocenters. The number of nitrogens with two attached hydrogens (primary N) is 1. The van der Waals surface area contributed by atoms with E-state index >= 15 is 0 Å². The van der Waals surface area contributed by atoms with E-state index in [2.05, 4.69) is 32.6 Å². The first kappa shape index (κ1) is 18.9. The van der Waals surface area contributed by atoms with Crippen molar-refractivity contribution in [3.05, 3.63) is 72.9 Å². The Morgan fingerprint density at radius 1 is 0.875 bits per heavy atom. The maximum Gasteiger partial charge on any atom is 0.159 e. The van der Waals surface area contributed by atoms with Crippen molar-refractivity contribution < 1.29 is 0 Å². The molecular weight excluding hydrogens is 396 g/mol. The maximum atomic E-state index is 6.35. The number of anilines is 1. The highest BCUT2D eigenvalue weighted by molar-refractivity contribution is 5.90. The van der Waals surface area contributed by atoms with Gasteiger partial charge in [-0.05, 0) is 18.9 Å². The normalized spacial score (nSPS) is 14.9. The third-order valence-electron chi connectivity index (χ3n) is 6.47. The number of fused-ring (bicyclic) bond motifs is 2. The van der Waals surface area contributed by atoms with E-state index < -0.39 is 0 Å². The Morgan fingerprint density at radius 3 is 2.56 bits per heavy atom. The van der Waals surface area contributed by atoms with Crippen LogP contribution in [0.25, 0.3) is 39.1 Å². The molecule has 2 N–H and O–H groups in total. The van der Waals surface area contributed by atoms with Crippen LogP contribution in [0, 0.1) is 0 Å².